The molecule has 0 aliphatic heterocycles. The first-order valence-corrected chi connectivity index (χ1v) is 10.6. The van der Waals surface area contributed by atoms with E-state index >= 15 is 0 Å². The van der Waals surface area contributed by atoms with E-state index in [1.54, 1.807) is 4.52 Å². The fourth-order valence-electron chi connectivity index (χ4n) is 4.14. The molecule has 164 valence electrons. The van der Waals surface area contributed by atoms with Crippen LogP contribution in [-0.4, -0.2) is 69.9 Å². The van der Waals surface area contributed by atoms with Gasteiger partial charge in [-0.2, -0.15) is 5.10 Å². The van der Waals surface area contributed by atoms with Gasteiger partial charge < -0.3 is 20.4 Å². The molecule has 0 spiro atoms. The highest BCUT2D eigenvalue weighted by Gasteiger charge is 2.24. The van der Waals surface area contributed by atoms with Gasteiger partial charge in [-0.25, -0.2) is 4.52 Å². The lowest BCUT2D eigenvalue weighted by Crippen LogP contribution is -2.22. The van der Waals surface area contributed by atoms with Crippen LogP contribution in [-0.2, 0) is 6.54 Å². The molecule has 0 aliphatic carbocycles. The van der Waals surface area contributed by atoms with E-state index in [0.717, 1.165) is 36.4 Å². The number of likely N-dealkylation sites (N-methyl/N-ethyl adjacent to an activating group) is 1. The number of nitrogens with one attached hydrogen (secondary N) is 1. The summed E-state index contributed by atoms with van der Waals surface area (Å²) in [6.07, 6.45) is 0. The maximum atomic E-state index is 12.7. The summed E-state index contributed by atoms with van der Waals surface area (Å²) in [7, 11) is 3.99. The molecule has 0 bridgehead atoms. The normalized spacial score (nSPS) is 12.2. The lowest BCUT2D eigenvalue weighted by Gasteiger charge is -2.17. The first-order valence-electron chi connectivity index (χ1n) is 10.6. The third-order valence-corrected chi connectivity index (χ3v) is 5.87. The highest BCUT2D eigenvalue weighted by atomic mass is 16.3. The van der Waals surface area contributed by atoms with Gasteiger partial charge in [0.2, 0.25) is 0 Å². The van der Waals surface area contributed by atoms with Crippen molar-refractivity contribution >= 4 is 32.9 Å². The molecule has 31 heavy (non-hydrogen) atoms. The van der Waals surface area contributed by atoms with Gasteiger partial charge >= 0.3 is 0 Å². The number of fused-ring (bicyclic) bond motifs is 2. The Kier molecular flexibility index (Phi) is 5.60. The number of aromatic hydroxyl groups is 2. The van der Waals surface area contributed by atoms with Gasteiger partial charge in [-0.15, -0.1) is 0 Å². The second-order valence-corrected chi connectivity index (χ2v) is 8.09. The first kappa shape index (κ1) is 21.1. The summed E-state index contributed by atoms with van der Waals surface area (Å²) in [5, 5.41) is 31.5. The highest BCUT2D eigenvalue weighted by molar-refractivity contribution is 6.14. The van der Waals surface area contributed by atoms with Crippen molar-refractivity contribution < 1.29 is 10.2 Å². The van der Waals surface area contributed by atoms with Crippen molar-refractivity contribution in [3.8, 4) is 11.5 Å². The van der Waals surface area contributed by atoms with Crippen molar-refractivity contribution in [1.29, 1.82) is 0 Å². The van der Waals surface area contributed by atoms with E-state index in [0.29, 0.717) is 24.0 Å². The largest absolute Gasteiger partial charge is 0.506 e. The van der Waals surface area contributed by atoms with E-state index in [9.17, 15) is 15.0 Å². The number of rotatable bonds is 8. The Hall–Kier alpha value is -3.10. The summed E-state index contributed by atoms with van der Waals surface area (Å²) in [6, 6.07) is 6.56. The fraction of sp³-hybridized carbons (Fsp3) is 0.391. The molecule has 2 aromatic carbocycles. The zero-order valence-electron chi connectivity index (χ0n) is 18.4. The minimum atomic E-state index is -0.354. The summed E-state index contributed by atoms with van der Waals surface area (Å²) in [4.78, 5) is 17.0. The Balaban J connectivity index is 2.05. The molecule has 4 aromatic rings. The molecule has 0 fully saturated rings. The predicted molar refractivity (Wildman–Crippen MR) is 125 cm³/mol. The van der Waals surface area contributed by atoms with Crippen LogP contribution in [0.3, 0.4) is 0 Å². The number of hydrogen-bond acceptors (Lipinski definition) is 7. The Morgan fingerprint density at radius 3 is 2.45 bits per heavy atom. The minimum absolute atomic E-state index is 0.0770. The van der Waals surface area contributed by atoms with Gasteiger partial charge in [-0.05, 0) is 51.5 Å². The molecule has 0 radical (unpaired) electrons. The molecule has 8 nitrogen and oxygen atoms in total. The van der Waals surface area contributed by atoms with Crippen LogP contribution >= 0.6 is 0 Å². The monoisotopic (exact) mass is 423 g/mol. The van der Waals surface area contributed by atoms with Crippen LogP contribution in [0.5, 0.6) is 11.5 Å². The molecule has 2 aromatic heterocycles. The number of anilines is 1. The zero-order valence-corrected chi connectivity index (χ0v) is 18.4. The molecule has 0 aliphatic rings. The summed E-state index contributed by atoms with van der Waals surface area (Å²) < 4.78 is 1.62. The smallest absolute Gasteiger partial charge is 0.192 e. The molecule has 0 atom stereocenters. The third kappa shape index (κ3) is 3.51. The lowest BCUT2D eigenvalue weighted by atomic mass is 10.0. The van der Waals surface area contributed by atoms with Gasteiger partial charge in [0.05, 0.1) is 22.0 Å². The molecule has 0 saturated carbocycles. The van der Waals surface area contributed by atoms with Crippen LogP contribution < -0.4 is 10.7 Å². The van der Waals surface area contributed by atoms with Gasteiger partial charge in [-0.3, -0.25) is 9.69 Å². The lowest BCUT2D eigenvalue weighted by molar-refractivity contribution is 0.293. The van der Waals surface area contributed by atoms with Crippen LogP contribution in [0, 0.1) is 0 Å². The number of nitrogens with zero attached hydrogens (tertiary/aromatic N) is 4. The second-order valence-electron chi connectivity index (χ2n) is 8.09. The topological polar surface area (TPSA) is 93.3 Å². The molecule has 3 N–H and O–H groups in total. The number of hydrogen-bond donors (Lipinski definition) is 3. The van der Waals surface area contributed by atoms with Gasteiger partial charge in [-0.1, -0.05) is 13.8 Å². The van der Waals surface area contributed by atoms with E-state index in [4.69, 9.17) is 5.10 Å². The van der Waals surface area contributed by atoms with Gasteiger partial charge in [0, 0.05) is 30.7 Å². The van der Waals surface area contributed by atoms with Crippen molar-refractivity contribution in [2.45, 2.75) is 20.4 Å². The summed E-state index contributed by atoms with van der Waals surface area (Å²) in [5.74, 6) is -0.216. The number of pyridine rings is 1. The Labute approximate surface area is 180 Å². The third-order valence-electron chi connectivity index (χ3n) is 5.87. The predicted octanol–water partition coefficient (Wildman–Crippen LogP) is 2.67. The quantitative estimate of drug-likeness (QED) is 0.375. The van der Waals surface area contributed by atoms with Crippen LogP contribution in [0.15, 0.2) is 29.1 Å². The van der Waals surface area contributed by atoms with Crippen molar-refractivity contribution in [1.82, 2.24) is 19.4 Å². The molecule has 8 heteroatoms. The zero-order chi connectivity index (χ0) is 22.3. The number of aromatic nitrogens is 2. The average Bonchev–Trinajstić information content (AvgIpc) is 3.10. The molecule has 0 amide bonds. The maximum absolute atomic E-state index is 12.7. The number of phenols is 1. The van der Waals surface area contributed by atoms with E-state index in [2.05, 4.69) is 29.0 Å². The van der Waals surface area contributed by atoms with Crippen LogP contribution in [0.1, 0.15) is 19.5 Å². The first-order chi connectivity index (χ1) is 14.9. The van der Waals surface area contributed by atoms with Gasteiger partial charge in [0.25, 0.3) is 0 Å². The molecule has 0 unspecified atom stereocenters. The van der Waals surface area contributed by atoms with E-state index < -0.39 is 0 Å². The SMILES string of the molecule is CCN(CC)Cc1nn2c3c(O)ccc(=O)c3c(O)c3c(NCCN(C)C)ccc1c32. The average molecular weight is 424 g/mol. The highest BCUT2D eigenvalue weighted by Crippen LogP contribution is 2.42. The van der Waals surface area contributed by atoms with Crippen LogP contribution in [0.25, 0.3) is 27.2 Å². The standard InChI is InChI=1S/C23H29N5O3/c1-5-27(6-2)13-16-14-7-8-15(24-11-12-26(3)4)19-21(14)28(25-16)22-18(30)10-9-17(29)20(22)23(19)31/h7-10,24,30-31H,5-6,11-13H2,1-4H3. The van der Waals surface area contributed by atoms with Crippen molar-refractivity contribution in [3.63, 3.8) is 0 Å². The second kappa shape index (κ2) is 8.20. The molecule has 2 heterocycles. The van der Waals surface area contributed by atoms with Crippen molar-refractivity contribution in [3.05, 3.63) is 40.2 Å². The van der Waals surface area contributed by atoms with Gasteiger partial charge in [0.1, 0.15) is 17.0 Å². The summed E-state index contributed by atoms with van der Waals surface area (Å²) >= 11 is 0. The van der Waals surface area contributed by atoms with Crippen molar-refractivity contribution in [2.24, 2.45) is 0 Å². The fourth-order valence-corrected chi connectivity index (χ4v) is 4.14. The number of benzene rings is 2. The van der Waals surface area contributed by atoms with Gasteiger partial charge in [0.15, 0.2) is 5.43 Å². The van der Waals surface area contributed by atoms with Crippen molar-refractivity contribution in [2.75, 3.05) is 45.6 Å². The summed E-state index contributed by atoms with van der Waals surface area (Å²) in [5.41, 5.74) is 2.15. The molecule has 0 saturated heterocycles. The summed E-state index contributed by atoms with van der Waals surface area (Å²) in [6.45, 7) is 8.09. The minimum Gasteiger partial charge on any atom is -0.506 e. The van der Waals surface area contributed by atoms with Crippen LogP contribution in [0.4, 0.5) is 5.69 Å². The Morgan fingerprint density at radius 2 is 1.77 bits per heavy atom. The molecular weight excluding hydrogens is 394 g/mol. The van der Waals surface area contributed by atoms with E-state index in [-0.39, 0.29) is 27.8 Å². The Morgan fingerprint density at radius 1 is 1.03 bits per heavy atom. The molecular formula is C23H29N5O3. The molecule has 4 rings (SSSR count). The van der Waals surface area contributed by atoms with E-state index in [1.165, 1.54) is 12.1 Å². The van der Waals surface area contributed by atoms with E-state index in [1.807, 2.05) is 26.2 Å². The number of phenolic OH excluding ortho intramolecular Hbond substituents is 1. The van der Waals surface area contributed by atoms with Crippen LogP contribution in [0.2, 0.25) is 0 Å². The maximum Gasteiger partial charge on any atom is 0.192 e. The Bertz CT molecular complexity index is 1290.